The van der Waals surface area contributed by atoms with Crippen molar-refractivity contribution in [3.8, 4) is 0 Å². The van der Waals surface area contributed by atoms with Crippen LogP contribution in [-0.2, 0) is 4.74 Å². The second-order valence-corrected chi connectivity index (χ2v) is 3.86. The van der Waals surface area contributed by atoms with E-state index in [0.717, 1.165) is 11.5 Å². The van der Waals surface area contributed by atoms with Gasteiger partial charge in [-0.15, -0.1) is 0 Å². The van der Waals surface area contributed by atoms with E-state index in [4.69, 9.17) is 8.83 Å². The van der Waals surface area contributed by atoms with Crippen molar-refractivity contribution in [3.05, 3.63) is 47.3 Å². The number of rotatable bonds is 4. The topological polar surface area (TPSA) is 64.6 Å². The van der Waals surface area contributed by atoms with Gasteiger partial charge in [-0.1, -0.05) is 0 Å². The molecule has 0 aliphatic heterocycles. The zero-order chi connectivity index (χ0) is 13.1. The molecule has 0 saturated heterocycles. The molecular formula is C13H15NO4. The van der Waals surface area contributed by atoms with Gasteiger partial charge >= 0.3 is 5.97 Å². The van der Waals surface area contributed by atoms with Gasteiger partial charge in [-0.05, 0) is 38.2 Å². The highest BCUT2D eigenvalue weighted by Crippen LogP contribution is 2.25. The molecule has 0 fully saturated rings. The summed E-state index contributed by atoms with van der Waals surface area (Å²) >= 11 is 0. The quantitative estimate of drug-likeness (QED) is 0.842. The molecule has 5 nitrogen and oxygen atoms in total. The van der Waals surface area contributed by atoms with Gasteiger partial charge in [0, 0.05) is 0 Å². The highest BCUT2D eigenvalue weighted by atomic mass is 16.5. The molecule has 96 valence electrons. The van der Waals surface area contributed by atoms with Crippen LogP contribution in [0.4, 0.5) is 0 Å². The van der Waals surface area contributed by atoms with E-state index in [1.54, 1.807) is 19.2 Å². The number of carbonyl (C=O) groups excluding carboxylic acids is 1. The number of nitrogens with one attached hydrogen (secondary N) is 1. The summed E-state index contributed by atoms with van der Waals surface area (Å²) in [5, 5.41) is 3.08. The fraction of sp³-hybridized carbons (Fsp3) is 0.308. The van der Waals surface area contributed by atoms with Crippen molar-refractivity contribution in [3.63, 3.8) is 0 Å². The first kappa shape index (κ1) is 12.4. The van der Waals surface area contributed by atoms with Gasteiger partial charge in [0.25, 0.3) is 0 Å². The number of aryl methyl sites for hydroxylation is 1. The molecule has 18 heavy (non-hydrogen) atoms. The van der Waals surface area contributed by atoms with Gasteiger partial charge in [-0.3, -0.25) is 0 Å². The average Bonchev–Trinajstić information content (AvgIpc) is 2.99. The smallest absolute Gasteiger partial charge is 0.373 e. The monoisotopic (exact) mass is 249 g/mol. The van der Waals surface area contributed by atoms with E-state index < -0.39 is 5.97 Å². The molecule has 1 N–H and O–H groups in total. The van der Waals surface area contributed by atoms with Gasteiger partial charge in [0.1, 0.15) is 23.3 Å². The maximum atomic E-state index is 11.3. The van der Waals surface area contributed by atoms with Gasteiger partial charge < -0.3 is 18.9 Å². The Hall–Kier alpha value is -2.01. The van der Waals surface area contributed by atoms with E-state index in [-0.39, 0.29) is 11.8 Å². The minimum Gasteiger partial charge on any atom is -0.464 e. The zero-order valence-corrected chi connectivity index (χ0v) is 10.5. The molecule has 0 spiro atoms. The van der Waals surface area contributed by atoms with Crippen LogP contribution in [0.5, 0.6) is 0 Å². The second kappa shape index (κ2) is 5.10. The van der Waals surface area contributed by atoms with Crippen molar-refractivity contribution in [2.75, 3.05) is 14.2 Å². The number of hydrogen-bond acceptors (Lipinski definition) is 5. The largest absolute Gasteiger partial charge is 0.464 e. The van der Waals surface area contributed by atoms with Gasteiger partial charge in [0.2, 0.25) is 5.76 Å². The fourth-order valence-corrected chi connectivity index (χ4v) is 1.75. The Balaban J connectivity index is 2.28. The van der Waals surface area contributed by atoms with E-state index >= 15 is 0 Å². The van der Waals surface area contributed by atoms with Crippen LogP contribution >= 0.6 is 0 Å². The first-order chi connectivity index (χ1) is 8.65. The Morgan fingerprint density at radius 1 is 1.22 bits per heavy atom. The third-order valence-corrected chi connectivity index (χ3v) is 2.63. The molecule has 5 heteroatoms. The Bertz CT molecular complexity index is 541. The lowest BCUT2D eigenvalue weighted by atomic mass is 10.2. The van der Waals surface area contributed by atoms with Gasteiger partial charge in [-0.25, -0.2) is 4.79 Å². The minimum atomic E-state index is -0.494. The maximum Gasteiger partial charge on any atom is 0.373 e. The van der Waals surface area contributed by atoms with E-state index in [9.17, 15) is 4.79 Å². The number of esters is 1. The van der Waals surface area contributed by atoms with E-state index in [0.29, 0.717) is 5.76 Å². The van der Waals surface area contributed by atoms with Gasteiger partial charge in [-0.2, -0.15) is 0 Å². The number of furan rings is 2. The lowest BCUT2D eigenvalue weighted by molar-refractivity contribution is 0.0562. The molecule has 2 aromatic rings. The summed E-state index contributed by atoms with van der Waals surface area (Å²) in [5.74, 6) is 1.85. The number of hydrogen-bond donors (Lipinski definition) is 1. The predicted octanol–water partition coefficient (Wildman–Crippen LogP) is 2.28. The Morgan fingerprint density at radius 2 is 1.89 bits per heavy atom. The number of carbonyl (C=O) groups is 1. The van der Waals surface area contributed by atoms with Crippen molar-refractivity contribution in [2.45, 2.75) is 13.0 Å². The average molecular weight is 249 g/mol. The third kappa shape index (κ3) is 2.31. The Kier molecular flexibility index (Phi) is 3.53. The lowest BCUT2D eigenvalue weighted by Gasteiger charge is -2.10. The van der Waals surface area contributed by atoms with Crippen LogP contribution in [0.2, 0.25) is 0 Å². The number of ether oxygens (including phenoxy) is 1. The summed E-state index contributed by atoms with van der Waals surface area (Å²) in [6, 6.07) is 6.84. The number of methoxy groups -OCH3 is 1. The van der Waals surface area contributed by atoms with Crippen molar-refractivity contribution in [1.29, 1.82) is 0 Å². The van der Waals surface area contributed by atoms with Crippen LogP contribution in [0.1, 0.15) is 33.9 Å². The highest BCUT2D eigenvalue weighted by Gasteiger charge is 2.21. The van der Waals surface area contributed by atoms with Crippen LogP contribution in [-0.4, -0.2) is 20.1 Å². The standard InChI is InChI=1S/C13H15NO4/c1-8-4-5-9(17-8)12(14-2)10-6-7-11(18-10)13(15)16-3/h4-7,12,14H,1-3H3. The SMILES string of the molecule is CNC(c1ccc(C)o1)c1ccc(C(=O)OC)o1. The molecule has 2 heterocycles. The summed E-state index contributed by atoms with van der Waals surface area (Å²) in [6.45, 7) is 1.87. The zero-order valence-electron chi connectivity index (χ0n) is 10.5. The fourth-order valence-electron chi connectivity index (χ4n) is 1.75. The normalized spacial score (nSPS) is 12.4. The second-order valence-electron chi connectivity index (χ2n) is 3.86. The highest BCUT2D eigenvalue weighted by molar-refractivity contribution is 5.86. The van der Waals surface area contributed by atoms with E-state index in [1.807, 2.05) is 19.1 Å². The summed E-state index contributed by atoms with van der Waals surface area (Å²) in [5.41, 5.74) is 0. The van der Waals surface area contributed by atoms with E-state index in [1.165, 1.54) is 7.11 Å². The summed E-state index contributed by atoms with van der Waals surface area (Å²) in [4.78, 5) is 11.3. The maximum absolute atomic E-state index is 11.3. The predicted molar refractivity (Wildman–Crippen MR) is 64.4 cm³/mol. The Labute approximate surface area is 105 Å². The van der Waals surface area contributed by atoms with Crippen molar-refractivity contribution in [2.24, 2.45) is 0 Å². The molecule has 2 rings (SSSR count). The van der Waals surface area contributed by atoms with Gasteiger partial charge in [0.15, 0.2) is 0 Å². The first-order valence-corrected chi connectivity index (χ1v) is 5.57. The van der Waals surface area contributed by atoms with Gasteiger partial charge in [0.05, 0.1) is 7.11 Å². The van der Waals surface area contributed by atoms with Crippen molar-refractivity contribution >= 4 is 5.97 Å². The van der Waals surface area contributed by atoms with Crippen LogP contribution < -0.4 is 5.32 Å². The molecule has 0 aromatic carbocycles. The summed E-state index contributed by atoms with van der Waals surface area (Å²) < 4.78 is 15.6. The van der Waals surface area contributed by atoms with E-state index in [2.05, 4.69) is 10.1 Å². The van der Waals surface area contributed by atoms with Crippen molar-refractivity contribution in [1.82, 2.24) is 5.32 Å². The molecule has 0 bridgehead atoms. The van der Waals surface area contributed by atoms with Crippen LogP contribution in [0.15, 0.2) is 33.1 Å². The molecule has 0 saturated carbocycles. The molecule has 0 aliphatic rings. The van der Waals surface area contributed by atoms with Crippen LogP contribution in [0.25, 0.3) is 0 Å². The molecule has 1 atom stereocenters. The lowest BCUT2D eigenvalue weighted by Crippen LogP contribution is -2.16. The molecule has 2 aromatic heterocycles. The summed E-state index contributed by atoms with van der Waals surface area (Å²) in [6.07, 6.45) is 0. The Morgan fingerprint density at radius 3 is 2.44 bits per heavy atom. The third-order valence-electron chi connectivity index (χ3n) is 2.63. The summed E-state index contributed by atoms with van der Waals surface area (Å²) in [7, 11) is 3.11. The minimum absolute atomic E-state index is 0.177. The van der Waals surface area contributed by atoms with Crippen molar-refractivity contribution < 1.29 is 18.4 Å². The molecule has 0 radical (unpaired) electrons. The first-order valence-electron chi connectivity index (χ1n) is 5.57. The molecule has 0 amide bonds. The molecule has 1 unspecified atom stereocenters. The molecule has 0 aliphatic carbocycles. The van der Waals surface area contributed by atoms with Crippen LogP contribution in [0.3, 0.4) is 0 Å². The van der Waals surface area contributed by atoms with Crippen LogP contribution in [0, 0.1) is 6.92 Å². The molecular weight excluding hydrogens is 234 g/mol.